The Bertz CT molecular complexity index is 674. The van der Waals surface area contributed by atoms with Gasteiger partial charge in [0.15, 0.2) is 11.5 Å². The summed E-state index contributed by atoms with van der Waals surface area (Å²) in [4.78, 5) is 0. The van der Waals surface area contributed by atoms with E-state index < -0.39 is 0 Å². The van der Waals surface area contributed by atoms with Crippen LogP contribution in [0.2, 0.25) is 10.0 Å². The third-order valence-corrected chi connectivity index (χ3v) is 4.18. The Kier molecular flexibility index (Phi) is 6.43. The van der Waals surface area contributed by atoms with Crippen LogP contribution in [-0.2, 0) is 6.54 Å². The first-order valence-corrected chi connectivity index (χ1v) is 8.30. The first-order chi connectivity index (χ1) is 11.1. The molecule has 0 aliphatic rings. The van der Waals surface area contributed by atoms with Crippen LogP contribution in [0.5, 0.6) is 11.5 Å². The van der Waals surface area contributed by atoms with Gasteiger partial charge in [-0.2, -0.15) is 0 Å². The van der Waals surface area contributed by atoms with Crippen LogP contribution in [0.15, 0.2) is 30.3 Å². The maximum atomic E-state index is 6.33. The molecule has 0 saturated heterocycles. The van der Waals surface area contributed by atoms with E-state index in [1.54, 1.807) is 7.11 Å². The van der Waals surface area contributed by atoms with Gasteiger partial charge >= 0.3 is 0 Å². The Hall–Kier alpha value is -1.58. The van der Waals surface area contributed by atoms with Crippen molar-refractivity contribution in [3.63, 3.8) is 0 Å². The average Bonchev–Trinajstić information content (AvgIpc) is 2.54. The normalized spacial score (nSPS) is 10.5. The van der Waals surface area contributed by atoms with Crippen LogP contribution >= 0.6 is 23.2 Å². The number of halogens is 2. The van der Waals surface area contributed by atoms with Crippen molar-refractivity contribution in [3.8, 4) is 11.5 Å². The number of hydrogen-bond donors (Lipinski definition) is 1. The fraction of sp³-hybridized carbons (Fsp3) is 0.333. The molecule has 5 heteroatoms. The Morgan fingerprint density at radius 3 is 2.61 bits per heavy atom. The van der Waals surface area contributed by atoms with Crippen molar-refractivity contribution in [1.29, 1.82) is 0 Å². The molecule has 0 spiro atoms. The molecular formula is C18H21Cl2NO2. The second-order valence-electron chi connectivity index (χ2n) is 5.22. The summed E-state index contributed by atoms with van der Waals surface area (Å²) in [6.45, 7) is 5.26. The summed E-state index contributed by atoms with van der Waals surface area (Å²) in [6.07, 6.45) is 0.914. The summed E-state index contributed by atoms with van der Waals surface area (Å²) in [5.41, 5.74) is 3.03. The van der Waals surface area contributed by atoms with Gasteiger partial charge in [0.1, 0.15) is 0 Å². The highest BCUT2D eigenvalue weighted by Gasteiger charge is 2.12. The zero-order valence-corrected chi connectivity index (χ0v) is 15.1. The van der Waals surface area contributed by atoms with Crippen molar-refractivity contribution < 1.29 is 9.47 Å². The van der Waals surface area contributed by atoms with Gasteiger partial charge in [-0.3, -0.25) is 0 Å². The van der Waals surface area contributed by atoms with E-state index in [0.29, 0.717) is 29.7 Å². The number of rotatable bonds is 7. The number of benzene rings is 2. The van der Waals surface area contributed by atoms with Crippen molar-refractivity contribution in [2.75, 3.05) is 19.0 Å². The Morgan fingerprint density at radius 1 is 1.13 bits per heavy atom. The largest absolute Gasteiger partial charge is 0.493 e. The summed E-state index contributed by atoms with van der Waals surface area (Å²) in [5.74, 6) is 1.24. The van der Waals surface area contributed by atoms with Crippen LogP contribution in [0.4, 0.5) is 5.69 Å². The SMILES string of the molecule is CCCOc1c(Cl)cc(CNc2cccc(Cl)c2C)cc1OC. The first-order valence-electron chi connectivity index (χ1n) is 7.55. The fourth-order valence-corrected chi connectivity index (χ4v) is 2.68. The number of nitrogens with one attached hydrogen (secondary N) is 1. The Labute approximate surface area is 147 Å². The topological polar surface area (TPSA) is 30.5 Å². The maximum absolute atomic E-state index is 6.33. The van der Waals surface area contributed by atoms with Crippen LogP contribution in [-0.4, -0.2) is 13.7 Å². The standard InChI is InChI=1S/C18H21Cl2NO2/c1-4-8-23-18-15(20)9-13(10-17(18)22-3)11-21-16-7-5-6-14(19)12(16)2/h5-7,9-10,21H,4,8,11H2,1-3H3. The smallest absolute Gasteiger partial charge is 0.179 e. The molecule has 0 bridgehead atoms. The van der Waals surface area contributed by atoms with Crippen LogP contribution in [0.1, 0.15) is 24.5 Å². The molecule has 124 valence electrons. The molecule has 0 aromatic heterocycles. The van der Waals surface area contributed by atoms with Gasteiger partial charge < -0.3 is 14.8 Å². The zero-order valence-electron chi connectivity index (χ0n) is 13.6. The third-order valence-electron chi connectivity index (χ3n) is 3.49. The molecule has 0 radical (unpaired) electrons. The lowest BCUT2D eigenvalue weighted by atomic mass is 10.1. The van der Waals surface area contributed by atoms with E-state index in [2.05, 4.69) is 5.32 Å². The molecule has 0 aliphatic carbocycles. The minimum absolute atomic E-state index is 0.553. The predicted molar refractivity (Wildman–Crippen MR) is 97.3 cm³/mol. The molecule has 23 heavy (non-hydrogen) atoms. The Morgan fingerprint density at radius 2 is 1.91 bits per heavy atom. The van der Waals surface area contributed by atoms with Crippen molar-refractivity contribution >= 4 is 28.9 Å². The van der Waals surface area contributed by atoms with E-state index in [1.807, 2.05) is 44.2 Å². The van der Waals surface area contributed by atoms with E-state index in [1.165, 1.54) is 0 Å². The van der Waals surface area contributed by atoms with Gasteiger partial charge in [0, 0.05) is 17.3 Å². The molecule has 1 N–H and O–H groups in total. The van der Waals surface area contributed by atoms with E-state index in [0.717, 1.165) is 28.3 Å². The van der Waals surface area contributed by atoms with Gasteiger partial charge in [0.2, 0.25) is 0 Å². The molecule has 0 heterocycles. The minimum Gasteiger partial charge on any atom is -0.493 e. The lowest BCUT2D eigenvalue weighted by molar-refractivity contribution is 0.294. The average molecular weight is 354 g/mol. The molecule has 0 unspecified atom stereocenters. The minimum atomic E-state index is 0.553. The number of anilines is 1. The molecule has 0 atom stereocenters. The molecule has 3 nitrogen and oxygen atoms in total. The van der Waals surface area contributed by atoms with Gasteiger partial charge in [-0.1, -0.05) is 36.2 Å². The first kappa shape index (κ1) is 17.8. The summed E-state index contributed by atoms with van der Waals surface area (Å²) in [6, 6.07) is 9.62. The van der Waals surface area contributed by atoms with Gasteiger partial charge in [-0.15, -0.1) is 0 Å². The van der Waals surface area contributed by atoms with E-state index in [4.69, 9.17) is 32.7 Å². The quantitative estimate of drug-likeness (QED) is 0.691. The van der Waals surface area contributed by atoms with E-state index >= 15 is 0 Å². The lowest BCUT2D eigenvalue weighted by Gasteiger charge is -2.15. The van der Waals surface area contributed by atoms with Crippen molar-refractivity contribution in [1.82, 2.24) is 0 Å². The summed E-state index contributed by atoms with van der Waals surface area (Å²) in [5, 5.41) is 4.67. The molecule has 0 saturated carbocycles. The molecule has 0 amide bonds. The lowest BCUT2D eigenvalue weighted by Crippen LogP contribution is -2.03. The maximum Gasteiger partial charge on any atom is 0.179 e. The number of hydrogen-bond acceptors (Lipinski definition) is 3. The number of ether oxygens (including phenoxy) is 2. The van der Waals surface area contributed by atoms with Crippen molar-refractivity contribution in [3.05, 3.63) is 51.5 Å². The van der Waals surface area contributed by atoms with Crippen LogP contribution in [0.3, 0.4) is 0 Å². The second kappa shape index (κ2) is 8.32. The second-order valence-corrected chi connectivity index (χ2v) is 6.04. The monoisotopic (exact) mass is 353 g/mol. The van der Waals surface area contributed by atoms with Gasteiger partial charge in [0.05, 0.1) is 18.7 Å². The highest BCUT2D eigenvalue weighted by molar-refractivity contribution is 6.32. The fourth-order valence-electron chi connectivity index (χ4n) is 2.22. The molecule has 0 fully saturated rings. The van der Waals surface area contributed by atoms with Gasteiger partial charge in [-0.05, 0) is 48.7 Å². The molecule has 2 aromatic rings. The van der Waals surface area contributed by atoms with Crippen LogP contribution in [0.25, 0.3) is 0 Å². The predicted octanol–water partition coefficient (Wildman–Crippen LogP) is 5.71. The van der Waals surface area contributed by atoms with Gasteiger partial charge in [0.25, 0.3) is 0 Å². The van der Waals surface area contributed by atoms with Crippen molar-refractivity contribution in [2.45, 2.75) is 26.8 Å². The van der Waals surface area contributed by atoms with Crippen LogP contribution < -0.4 is 14.8 Å². The highest BCUT2D eigenvalue weighted by Crippen LogP contribution is 2.36. The zero-order chi connectivity index (χ0) is 16.8. The van der Waals surface area contributed by atoms with Crippen LogP contribution in [0, 0.1) is 6.92 Å². The molecule has 2 rings (SSSR count). The highest BCUT2D eigenvalue weighted by atomic mass is 35.5. The Balaban J connectivity index is 2.17. The number of methoxy groups -OCH3 is 1. The van der Waals surface area contributed by atoms with E-state index in [9.17, 15) is 0 Å². The van der Waals surface area contributed by atoms with E-state index in [-0.39, 0.29) is 0 Å². The molecular weight excluding hydrogens is 333 g/mol. The summed E-state index contributed by atoms with van der Waals surface area (Å²) >= 11 is 12.5. The molecule has 0 aliphatic heterocycles. The summed E-state index contributed by atoms with van der Waals surface area (Å²) in [7, 11) is 1.61. The van der Waals surface area contributed by atoms with Crippen molar-refractivity contribution in [2.24, 2.45) is 0 Å². The van der Waals surface area contributed by atoms with Gasteiger partial charge in [-0.25, -0.2) is 0 Å². The summed E-state index contributed by atoms with van der Waals surface area (Å²) < 4.78 is 11.1. The molecule has 2 aromatic carbocycles. The third kappa shape index (κ3) is 4.46.